The Bertz CT molecular complexity index is 891. The Labute approximate surface area is 174 Å². The fourth-order valence-electron chi connectivity index (χ4n) is 4.18. The van der Waals surface area contributed by atoms with E-state index in [9.17, 15) is 9.90 Å². The van der Waals surface area contributed by atoms with Gasteiger partial charge in [-0.25, -0.2) is 0 Å². The minimum absolute atomic E-state index is 0.168. The third-order valence-electron chi connectivity index (χ3n) is 6.53. The maximum atomic E-state index is 12.2. The molecule has 1 unspecified atom stereocenters. The van der Waals surface area contributed by atoms with Crippen LogP contribution in [0.25, 0.3) is 0 Å². The quantitative estimate of drug-likeness (QED) is 0.719. The second kappa shape index (κ2) is 7.98. The number of aryl methyl sites for hydroxylation is 1. The van der Waals surface area contributed by atoms with Crippen molar-refractivity contribution in [2.75, 3.05) is 6.54 Å². The second-order valence-electron chi connectivity index (χ2n) is 9.81. The summed E-state index contributed by atoms with van der Waals surface area (Å²) in [5.74, 6) is 0.788. The number of carbonyl (C=O) groups is 1. The van der Waals surface area contributed by atoms with Crippen LogP contribution in [0.5, 0.6) is 0 Å². The van der Waals surface area contributed by atoms with Crippen molar-refractivity contribution in [2.24, 2.45) is 0 Å². The van der Waals surface area contributed by atoms with Crippen molar-refractivity contribution in [1.29, 1.82) is 0 Å². The summed E-state index contributed by atoms with van der Waals surface area (Å²) in [6.45, 7) is 13.6. The molecule has 0 saturated carbocycles. The SMILES string of the molecule is CCC(O)CNC(=O)c1ccc(Cc2cc3c(cc2C)C(C)(C)CCC3(C)C)o1. The van der Waals surface area contributed by atoms with Crippen LogP contribution >= 0.6 is 0 Å². The molecule has 1 aliphatic carbocycles. The molecule has 1 atom stereocenters. The van der Waals surface area contributed by atoms with Gasteiger partial charge in [-0.05, 0) is 71.4 Å². The number of benzene rings is 1. The van der Waals surface area contributed by atoms with E-state index in [0.29, 0.717) is 18.6 Å². The van der Waals surface area contributed by atoms with Gasteiger partial charge in [0, 0.05) is 13.0 Å². The number of rotatable bonds is 6. The van der Waals surface area contributed by atoms with Gasteiger partial charge in [0.05, 0.1) is 6.10 Å². The summed E-state index contributed by atoms with van der Waals surface area (Å²) < 4.78 is 5.81. The molecule has 1 aromatic heterocycles. The summed E-state index contributed by atoms with van der Waals surface area (Å²) in [4.78, 5) is 12.2. The first-order valence-electron chi connectivity index (χ1n) is 10.7. The lowest BCUT2D eigenvalue weighted by atomic mass is 9.62. The van der Waals surface area contributed by atoms with E-state index in [1.54, 1.807) is 6.07 Å². The van der Waals surface area contributed by atoms with Gasteiger partial charge in [-0.2, -0.15) is 0 Å². The molecule has 1 aromatic carbocycles. The van der Waals surface area contributed by atoms with Crippen molar-refractivity contribution in [3.8, 4) is 0 Å². The molecule has 0 aliphatic heterocycles. The number of hydrogen-bond acceptors (Lipinski definition) is 3. The van der Waals surface area contributed by atoms with Crippen LogP contribution in [0.4, 0.5) is 0 Å². The molecule has 0 spiro atoms. The first-order chi connectivity index (χ1) is 13.5. The molecule has 0 radical (unpaired) electrons. The molecule has 2 aromatic rings. The van der Waals surface area contributed by atoms with E-state index >= 15 is 0 Å². The third-order valence-corrected chi connectivity index (χ3v) is 6.53. The van der Waals surface area contributed by atoms with Crippen molar-refractivity contribution in [1.82, 2.24) is 5.32 Å². The zero-order valence-electron chi connectivity index (χ0n) is 18.7. The van der Waals surface area contributed by atoms with Gasteiger partial charge in [-0.3, -0.25) is 4.79 Å². The van der Waals surface area contributed by atoms with Crippen molar-refractivity contribution in [3.63, 3.8) is 0 Å². The maximum Gasteiger partial charge on any atom is 0.287 e. The Morgan fingerprint density at radius 3 is 2.38 bits per heavy atom. The molecule has 0 fully saturated rings. The summed E-state index contributed by atoms with van der Waals surface area (Å²) >= 11 is 0. The molecule has 29 heavy (non-hydrogen) atoms. The predicted octanol–water partition coefficient (Wildman–Crippen LogP) is 5.03. The minimum Gasteiger partial charge on any atom is -0.456 e. The van der Waals surface area contributed by atoms with Crippen molar-refractivity contribution in [3.05, 3.63) is 58.0 Å². The summed E-state index contributed by atoms with van der Waals surface area (Å²) in [5, 5.41) is 12.3. The Kier molecular flexibility index (Phi) is 5.96. The maximum absolute atomic E-state index is 12.2. The molecule has 1 heterocycles. The van der Waals surface area contributed by atoms with Crippen molar-refractivity contribution >= 4 is 5.91 Å². The zero-order valence-corrected chi connectivity index (χ0v) is 18.7. The normalized spacial score (nSPS) is 18.2. The van der Waals surface area contributed by atoms with Crippen LogP contribution in [0.15, 0.2) is 28.7 Å². The highest BCUT2D eigenvalue weighted by Crippen LogP contribution is 2.46. The van der Waals surface area contributed by atoms with Gasteiger partial charge in [0.2, 0.25) is 0 Å². The smallest absolute Gasteiger partial charge is 0.287 e. The van der Waals surface area contributed by atoms with Gasteiger partial charge in [-0.15, -0.1) is 0 Å². The third kappa shape index (κ3) is 4.58. The van der Waals surface area contributed by atoms with E-state index in [2.05, 4.69) is 52.1 Å². The predicted molar refractivity (Wildman–Crippen MR) is 117 cm³/mol. The first kappa shape index (κ1) is 21.6. The Hall–Kier alpha value is -2.07. The molecule has 3 rings (SSSR count). The van der Waals surface area contributed by atoms with E-state index in [0.717, 1.165) is 5.76 Å². The number of aliphatic hydroxyl groups excluding tert-OH is 1. The number of carbonyl (C=O) groups excluding carboxylic acids is 1. The lowest BCUT2D eigenvalue weighted by Gasteiger charge is -2.42. The van der Waals surface area contributed by atoms with Crippen LogP contribution in [0.3, 0.4) is 0 Å². The van der Waals surface area contributed by atoms with Crippen LogP contribution < -0.4 is 5.32 Å². The summed E-state index contributed by atoms with van der Waals surface area (Å²) in [7, 11) is 0. The largest absolute Gasteiger partial charge is 0.456 e. The van der Waals surface area contributed by atoms with E-state index in [4.69, 9.17) is 4.42 Å². The molecule has 158 valence electrons. The van der Waals surface area contributed by atoms with Gasteiger partial charge in [0.1, 0.15) is 5.76 Å². The minimum atomic E-state index is -0.529. The van der Waals surface area contributed by atoms with Crippen LogP contribution in [0, 0.1) is 6.92 Å². The number of amides is 1. The summed E-state index contributed by atoms with van der Waals surface area (Å²) in [5.41, 5.74) is 5.78. The lowest BCUT2D eigenvalue weighted by Crippen LogP contribution is -2.34. The first-order valence-corrected chi connectivity index (χ1v) is 10.7. The van der Waals surface area contributed by atoms with Gasteiger partial charge >= 0.3 is 0 Å². The molecule has 4 heteroatoms. The van der Waals surface area contributed by atoms with E-state index in [-0.39, 0.29) is 23.3 Å². The Balaban J connectivity index is 1.81. The van der Waals surface area contributed by atoms with E-state index in [1.165, 1.54) is 35.1 Å². The van der Waals surface area contributed by atoms with Crippen molar-refractivity contribution in [2.45, 2.75) is 84.2 Å². The average molecular weight is 398 g/mol. The topological polar surface area (TPSA) is 62.5 Å². The highest BCUT2D eigenvalue weighted by Gasteiger charge is 2.37. The fraction of sp³-hybridized carbons (Fsp3) is 0.560. The number of aliphatic hydroxyl groups is 1. The standard InChI is InChI=1S/C25H35NO3/c1-7-18(27)15-26-23(28)22-9-8-19(29-22)13-17-14-21-20(12-16(17)2)24(3,4)10-11-25(21,5)6/h8-9,12,14,18,27H,7,10-11,13,15H2,1-6H3,(H,26,28). The lowest BCUT2D eigenvalue weighted by molar-refractivity contribution is 0.0885. The second-order valence-corrected chi connectivity index (χ2v) is 9.81. The average Bonchev–Trinajstić information content (AvgIpc) is 3.13. The summed E-state index contributed by atoms with van der Waals surface area (Å²) in [6, 6.07) is 8.29. The highest BCUT2D eigenvalue weighted by molar-refractivity contribution is 5.91. The molecule has 4 nitrogen and oxygen atoms in total. The number of furan rings is 1. The Morgan fingerprint density at radius 1 is 1.14 bits per heavy atom. The molecule has 1 amide bonds. The number of fused-ring (bicyclic) bond motifs is 1. The van der Waals surface area contributed by atoms with E-state index in [1.807, 2.05) is 13.0 Å². The zero-order chi connectivity index (χ0) is 21.4. The van der Waals surface area contributed by atoms with Gasteiger partial charge in [0.15, 0.2) is 5.76 Å². The summed E-state index contributed by atoms with van der Waals surface area (Å²) in [6.07, 6.45) is 3.13. The molecule has 1 aliphatic rings. The molecule has 2 N–H and O–H groups in total. The molecule has 0 saturated heterocycles. The van der Waals surface area contributed by atoms with Gasteiger partial charge in [0.25, 0.3) is 5.91 Å². The van der Waals surface area contributed by atoms with E-state index < -0.39 is 6.10 Å². The number of nitrogens with one attached hydrogen (secondary N) is 1. The van der Waals surface area contributed by atoms with Crippen LogP contribution in [0.2, 0.25) is 0 Å². The number of hydrogen-bond donors (Lipinski definition) is 2. The molecule has 0 bridgehead atoms. The Morgan fingerprint density at radius 2 is 1.76 bits per heavy atom. The van der Waals surface area contributed by atoms with Crippen LogP contribution in [-0.2, 0) is 17.3 Å². The fourth-order valence-corrected chi connectivity index (χ4v) is 4.18. The highest BCUT2D eigenvalue weighted by atomic mass is 16.3. The molecular weight excluding hydrogens is 362 g/mol. The van der Waals surface area contributed by atoms with Crippen LogP contribution in [-0.4, -0.2) is 23.7 Å². The molecular formula is C25H35NO3. The monoisotopic (exact) mass is 397 g/mol. The van der Waals surface area contributed by atoms with Gasteiger partial charge in [-0.1, -0.05) is 46.8 Å². The van der Waals surface area contributed by atoms with Gasteiger partial charge < -0.3 is 14.8 Å². The van der Waals surface area contributed by atoms with Crippen molar-refractivity contribution < 1.29 is 14.3 Å². The van der Waals surface area contributed by atoms with Crippen LogP contribution in [0.1, 0.15) is 92.4 Å².